The molecule has 142 valence electrons. The monoisotopic (exact) mass is 384 g/mol. The van der Waals surface area contributed by atoms with Crippen LogP contribution in [0.25, 0.3) is 11.2 Å². The molecule has 4 rings (SSSR count). The fraction of sp³-hybridized carbons (Fsp3) is 0.105. The molecule has 0 amide bonds. The molecule has 0 spiro atoms. The third kappa shape index (κ3) is 3.88. The number of fused-ring (bicyclic) bond motifs is 1. The number of anilines is 3. The maximum atomic E-state index is 12.9. The van der Waals surface area contributed by atoms with Crippen LogP contribution in [-0.4, -0.2) is 19.9 Å². The summed E-state index contributed by atoms with van der Waals surface area (Å²) in [6.07, 6.45) is -3.02. The molecule has 0 unspecified atom stereocenters. The number of hydrogen-bond donors (Lipinski definition) is 3. The number of imidazole rings is 1. The van der Waals surface area contributed by atoms with E-state index in [9.17, 15) is 13.2 Å². The molecule has 0 atom stereocenters. The molecular weight excluding hydrogens is 369 g/mol. The lowest BCUT2D eigenvalue weighted by molar-refractivity contribution is -0.137. The van der Waals surface area contributed by atoms with Gasteiger partial charge in [-0.05, 0) is 29.8 Å². The molecule has 0 aliphatic carbocycles. The Labute approximate surface area is 157 Å². The fourth-order valence-electron chi connectivity index (χ4n) is 2.72. The summed E-state index contributed by atoms with van der Waals surface area (Å²) in [6.45, 7) is 0.177. The van der Waals surface area contributed by atoms with Crippen LogP contribution in [-0.2, 0) is 12.7 Å². The van der Waals surface area contributed by atoms with Gasteiger partial charge >= 0.3 is 6.18 Å². The molecule has 4 aromatic rings. The van der Waals surface area contributed by atoms with Crippen molar-refractivity contribution < 1.29 is 13.2 Å². The van der Waals surface area contributed by atoms with E-state index in [0.29, 0.717) is 28.5 Å². The Morgan fingerprint density at radius 3 is 2.57 bits per heavy atom. The number of aromatic amines is 1. The zero-order valence-electron chi connectivity index (χ0n) is 14.5. The molecule has 2 heterocycles. The van der Waals surface area contributed by atoms with Crippen LogP contribution in [0.4, 0.5) is 30.6 Å². The quantitative estimate of drug-likeness (QED) is 0.464. The summed E-state index contributed by atoms with van der Waals surface area (Å²) in [5.41, 5.74) is 1.67. The number of halogens is 3. The van der Waals surface area contributed by atoms with Crippen molar-refractivity contribution in [1.82, 2.24) is 19.9 Å². The summed E-state index contributed by atoms with van der Waals surface area (Å²) in [5.74, 6) is 0.944. The van der Waals surface area contributed by atoms with Gasteiger partial charge < -0.3 is 15.6 Å². The number of H-pyrrole nitrogens is 1. The van der Waals surface area contributed by atoms with E-state index < -0.39 is 11.7 Å². The lowest BCUT2D eigenvalue weighted by atomic mass is 10.1. The van der Waals surface area contributed by atoms with Gasteiger partial charge in [0.2, 0.25) is 5.95 Å². The molecule has 0 aliphatic rings. The number of para-hydroxylation sites is 1. The average Bonchev–Trinajstić information content (AvgIpc) is 3.09. The van der Waals surface area contributed by atoms with E-state index in [0.717, 1.165) is 17.8 Å². The second-order valence-corrected chi connectivity index (χ2v) is 6.05. The van der Waals surface area contributed by atoms with Crippen molar-refractivity contribution in [1.29, 1.82) is 0 Å². The van der Waals surface area contributed by atoms with Crippen LogP contribution in [0, 0.1) is 0 Å². The summed E-state index contributed by atoms with van der Waals surface area (Å²) in [6, 6.07) is 14.6. The van der Waals surface area contributed by atoms with Gasteiger partial charge in [-0.3, -0.25) is 0 Å². The Morgan fingerprint density at radius 2 is 1.79 bits per heavy atom. The van der Waals surface area contributed by atoms with Crippen molar-refractivity contribution in [3.8, 4) is 0 Å². The first-order valence-corrected chi connectivity index (χ1v) is 8.42. The zero-order chi connectivity index (χ0) is 19.6. The van der Waals surface area contributed by atoms with E-state index in [1.54, 1.807) is 6.07 Å². The molecule has 3 N–H and O–H groups in total. The molecule has 6 nitrogen and oxygen atoms in total. The summed E-state index contributed by atoms with van der Waals surface area (Å²) >= 11 is 0. The number of alkyl halides is 3. The van der Waals surface area contributed by atoms with Gasteiger partial charge in [-0.25, -0.2) is 9.97 Å². The van der Waals surface area contributed by atoms with Crippen LogP contribution < -0.4 is 10.6 Å². The van der Waals surface area contributed by atoms with Crippen LogP contribution in [0.1, 0.15) is 11.1 Å². The van der Waals surface area contributed by atoms with Crippen LogP contribution in [0.2, 0.25) is 0 Å². The van der Waals surface area contributed by atoms with Gasteiger partial charge in [0.25, 0.3) is 0 Å². The number of nitrogens with zero attached hydrogens (tertiary/aromatic N) is 3. The molecule has 0 radical (unpaired) electrons. The van der Waals surface area contributed by atoms with E-state index in [-0.39, 0.29) is 6.54 Å². The van der Waals surface area contributed by atoms with Gasteiger partial charge in [0, 0.05) is 12.2 Å². The highest BCUT2D eigenvalue weighted by atomic mass is 19.4. The number of nitrogens with one attached hydrogen (secondary N) is 3. The lowest BCUT2D eigenvalue weighted by Crippen LogP contribution is -2.07. The normalized spacial score (nSPS) is 11.5. The van der Waals surface area contributed by atoms with E-state index in [1.165, 1.54) is 12.4 Å². The second-order valence-electron chi connectivity index (χ2n) is 6.05. The summed E-state index contributed by atoms with van der Waals surface area (Å²) in [5, 5.41) is 6.17. The van der Waals surface area contributed by atoms with Gasteiger partial charge in [-0.15, -0.1) is 0 Å². The third-order valence-electron chi connectivity index (χ3n) is 4.04. The molecule has 2 aromatic heterocycles. The zero-order valence-corrected chi connectivity index (χ0v) is 14.5. The highest BCUT2D eigenvalue weighted by molar-refractivity contribution is 5.84. The van der Waals surface area contributed by atoms with Gasteiger partial charge in [-0.1, -0.05) is 30.3 Å². The summed E-state index contributed by atoms with van der Waals surface area (Å²) < 4.78 is 38.6. The van der Waals surface area contributed by atoms with E-state index in [2.05, 4.69) is 30.6 Å². The van der Waals surface area contributed by atoms with Crippen molar-refractivity contribution in [3.63, 3.8) is 0 Å². The number of benzene rings is 2. The molecule has 0 fully saturated rings. The Morgan fingerprint density at radius 1 is 0.964 bits per heavy atom. The van der Waals surface area contributed by atoms with Gasteiger partial charge in [0.15, 0.2) is 11.5 Å². The van der Waals surface area contributed by atoms with Crippen molar-refractivity contribution in [2.75, 3.05) is 10.6 Å². The molecule has 0 saturated heterocycles. The van der Waals surface area contributed by atoms with E-state index in [4.69, 9.17) is 0 Å². The van der Waals surface area contributed by atoms with Crippen LogP contribution in [0.5, 0.6) is 0 Å². The highest BCUT2D eigenvalue weighted by Gasteiger charge is 2.30. The molecular formula is C19H15F3N6. The van der Waals surface area contributed by atoms with Crippen LogP contribution >= 0.6 is 0 Å². The highest BCUT2D eigenvalue weighted by Crippen LogP contribution is 2.30. The first-order valence-electron chi connectivity index (χ1n) is 8.42. The largest absolute Gasteiger partial charge is 0.416 e. The Balaban J connectivity index is 1.54. The molecule has 0 saturated carbocycles. The maximum Gasteiger partial charge on any atom is 0.416 e. The topological polar surface area (TPSA) is 78.5 Å². The van der Waals surface area contributed by atoms with Crippen molar-refractivity contribution in [2.24, 2.45) is 0 Å². The van der Waals surface area contributed by atoms with Crippen molar-refractivity contribution in [2.45, 2.75) is 12.7 Å². The molecule has 9 heteroatoms. The second kappa shape index (κ2) is 7.18. The molecule has 2 aromatic carbocycles. The molecule has 28 heavy (non-hydrogen) atoms. The standard InChI is InChI=1S/C19H15F3N6/c20-19(21,22)13-6-4-5-12(9-13)10-23-16-15-17(25-11-24-16)28-18(27-15)26-14-7-2-1-3-8-14/h1-9,11H,10H2,(H3,23,24,25,26,27,28). The van der Waals surface area contributed by atoms with Crippen molar-refractivity contribution in [3.05, 3.63) is 72.1 Å². The van der Waals surface area contributed by atoms with Gasteiger partial charge in [-0.2, -0.15) is 18.2 Å². The Kier molecular flexibility index (Phi) is 4.56. The minimum absolute atomic E-state index is 0.177. The van der Waals surface area contributed by atoms with Crippen LogP contribution in [0.3, 0.4) is 0 Å². The number of rotatable bonds is 5. The van der Waals surface area contributed by atoms with E-state index in [1.807, 2.05) is 30.3 Å². The first kappa shape index (κ1) is 17.8. The molecule has 0 bridgehead atoms. The predicted molar refractivity (Wildman–Crippen MR) is 100 cm³/mol. The maximum absolute atomic E-state index is 12.9. The minimum atomic E-state index is -4.38. The average molecular weight is 384 g/mol. The van der Waals surface area contributed by atoms with Crippen molar-refractivity contribution >= 4 is 28.6 Å². The summed E-state index contributed by atoms with van der Waals surface area (Å²) in [7, 11) is 0. The van der Waals surface area contributed by atoms with Gasteiger partial charge in [0.05, 0.1) is 5.56 Å². The minimum Gasteiger partial charge on any atom is -0.364 e. The van der Waals surface area contributed by atoms with Crippen LogP contribution in [0.15, 0.2) is 60.9 Å². The smallest absolute Gasteiger partial charge is 0.364 e. The third-order valence-corrected chi connectivity index (χ3v) is 4.04. The first-order chi connectivity index (χ1) is 13.5. The Hall–Kier alpha value is -3.62. The molecule has 0 aliphatic heterocycles. The number of hydrogen-bond acceptors (Lipinski definition) is 5. The van der Waals surface area contributed by atoms with Gasteiger partial charge in [0.1, 0.15) is 11.8 Å². The predicted octanol–water partition coefficient (Wildman–Crippen LogP) is 4.73. The van der Waals surface area contributed by atoms with E-state index >= 15 is 0 Å². The number of aromatic nitrogens is 4. The lowest BCUT2D eigenvalue weighted by Gasteiger charge is -2.10. The SMILES string of the molecule is FC(F)(F)c1cccc(CNc2ncnc3nc(Nc4ccccc4)[nH]c23)c1. The fourth-order valence-corrected chi connectivity index (χ4v) is 2.72. The Bertz CT molecular complexity index is 1090. The summed E-state index contributed by atoms with van der Waals surface area (Å²) in [4.78, 5) is 15.8.